The number of amides is 2. The van der Waals surface area contributed by atoms with Crippen LogP contribution in [0.4, 0.5) is 11.4 Å². The summed E-state index contributed by atoms with van der Waals surface area (Å²) in [4.78, 5) is 75.7. The highest BCUT2D eigenvalue weighted by Gasteiger charge is 2.39. The van der Waals surface area contributed by atoms with Crippen LogP contribution in [-0.2, 0) is 19.2 Å². The van der Waals surface area contributed by atoms with Crippen LogP contribution in [0, 0.1) is 23.7 Å². The normalized spacial score (nSPS) is 25.3. The SMILES string of the molecule is CC1CCC(C(=O)N(c2cc(C3=CCCCC3)sc2C(=O)O)C2CCC(=O)CC2)CC1.CCON=C1CCC(N(C(=O)C2CCC(C)CC2)c2cc(C3=CCCCC3)sc2C(=O)O)CC1. The third-order valence-electron chi connectivity index (χ3n) is 14.9. The Balaban J connectivity index is 0.000000195. The van der Waals surface area contributed by atoms with E-state index in [2.05, 4.69) is 31.2 Å². The summed E-state index contributed by atoms with van der Waals surface area (Å²) in [7, 11) is 0. The van der Waals surface area contributed by atoms with E-state index in [1.54, 1.807) is 4.90 Å². The Morgan fingerprint density at radius 3 is 1.40 bits per heavy atom. The van der Waals surface area contributed by atoms with Crippen LogP contribution < -0.4 is 9.80 Å². The number of hydrogen-bond donors (Lipinski definition) is 2. The van der Waals surface area contributed by atoms with Crippen molar-refractivity contribution >= 4 is 80.4 Å². The summed E-state index contributed by atoms with van der Waals surface area (Å²) in [5, 5.41) is 24.3. The highest BCUT2D eigenvalue weighted by atomic mass is 32.1. The van der Waals surface area contributed by atoms with Crippen molar-refractivity contribution in [2.45, 2.75) is 187 Å². The summed E-state index contributed by atoms with van der Waals surface area (Å²) >= 11 is 2.64. The number of hydrogen-bond acceptors (Lipinski definition) is 9. The Labute approximate surface area is 393 Å². The fourth-order valence-electron chi connectivity index (χ4n) is 10.9. The van der Waals surface area contributed by atoms with E-state index in [0.29, 0.717) is 60.4 Å². The molecule has 2 aromatic heterocycles. The minimum Gasteiger partial charge on any atom is -0.477 e. The van der Waals surface area contributed by atoms with Crippen molar-refractivity contribution in [1.82, 2.24) is 0 Å². The average Bonchev–Trinajstić information content (AvgIpc) is 3.97. The van der Waals surface area contributed by atoms with Gasteiger partial charge >= 0.3 is 11.9 Å². The Morgan fingerprint density at radius 2 is 1.03 bits per heavy atom. The molecule has 2 N–H and O–H groups in total. The second kappa shape index (κ2) is 23.1. The first kappa shape index (κ1) is 48.8. The molecule has 6 aliphatic rings. The molecule has 0 aromatic carbocycles. The van der Waals surface area contributed by atoms with Crippen molar-refractivity contribution in [3.63, 3.8) is 0 Å². The van der Waals surface area contributed by atoms with Crippen LogP contribution >= 0.6 is 22.7 Å². The number of carboxylic acids is 2. The number of aromatic carboxylic acids is 2. The molecule has 354 valence electrons. The number of anilines is 2. The van der Waals surface area contributed by atoms with Crippen molar-refractivity contribution in [2.75, 3.05) is 16.4 Å². The van der Waals surface area contributed by atoms with Gasteiger partial charge in [-0.25, -0.2) is 9.59 Å². The van der Waals surface area contributed by atoms with Gasteiger partial charge in [-0.05, 0) is 183 Å². The van der Waals surface area contributed by atoms with Crippen molar-refractivity contribution in [3.05, 3.63) is 43.8 Å². The van der Waals surface area contributed by atoms with Gasteiger partial charge in [0, 0.05) is 46.5 Å². The molecule has 0 aliphatic heterocycles. The van der Waals surface area contributed by atoms with Crippen molar-refractivity contribution < 1.29 is 39.0 Å². The number of carboxylic acid groups (broad SMARTS) is 2. The molecular formula is C52H71N3O8S2. The van der Waals surface area contributed by atoms with E-state index in [1.807, 2.05) is 24.0 Å². The lowest BCUT2D eigenvalue weighted by atomic mass is 9.81. The number of Topliss-reactive ketones (excluding diaryl/α,β-unsaturated/α-hetero) is 1. The topological polar surface area (TPSA) is 154 Å². The van der Waals surface area contributed by atoms with Gasteiger partial charge in [0.1, 0.15) is 22.1 Å². The minimum atomic E-state index is -0.968. The van der Waals surface area contributed by atoms with Crippen LogP contribution in [0.5, 0.6) is 0 Å². The fourth-order valence-corrected chi connectivity index (χ4v) is 13.0. The van der Waals surface area contributed by atoms with E-state index in [-0.39, 0.29) is 46.4 Å². The van der Waals surface area contributed by atoms with Crippen molar-refractivity contribution in [3.8, 4) is 0 Å². The molecule has 6 aliphatic carbocycles. The van der Waals surface area contributed by atoms with E-state index >= 15 is 0 Å². The van der Waals surface area contributed by atoms with E-state index in [0.717, 1.165) is 131 Å². The molecule has 0 bridgehead atoms. The number of allylic oxidation sites excluding steroid dienone is 4. The van der Waals surface area contributed by atoms with Crippen LogP contribution in [0.15, 0.2) is 29.4 Å². The zero-order valence-electron chi connectivity index (χ0n) is 39.0. The van der Waals surface area contributed by atoms with Gasteiger partial charge < -0.3 is 24.9 Å². The third kappa shape index (κ3) is 12.3. The number of oxime groups is 1. The first-order valence-corrected chi connectivity index (χ1v) is 26.5. The van der Waals surface area contributed by atoms with Crippen molar-refractivity contribution in [2.24, 2.45) is 28.8 Å². The van der Waals surface area contributed by atoms with Crippen LogP contribution in [0.25, 0.3) is 11.1 Å². The summed E-state index contributed by atoms with van der Waals surface area (Å²) in [6.45, 7) is 6.96. The number of carbonyl (C=O) groups is 5. The van der Waals surface area contributed by atoms with Gasteiger partial charge in [-0.3, -0.25) is 14.4 Å². The largest absolute Gasteiger partial charge is 0.477 e. The second-order valence-electron chi connectivity index (χ2n) is 19.6. The predicted octanol–water partition coefficient (Wildman–Crippen LogP) is 13.0. The first-order valence-electron chi connectivity index (χ1n) is 24.9. The molecule has 2 aromatic rings. The molecule has 0 spiro atoms. The van der Waals surface area contributed by atoms with Gasteiger partial charge in [0.25, 0.3) is 0 Å². The molecule has 2 amide bonds. The minimum absolute atomic E-state index is 0.00619. The van der Waals surface area contributed by atoms with Gasteiger partial charge in [0.2, 0.25) is 11.8 Å². The second-order valence-corrected chi connectivity index (χ2v) is 21.7. The zero-order chi connectivity index (χ0) is 46.0. The highest BCUT2D eigenvalue weighted by Crippen LogP contribution is 2.44. The fraction of sp³-hybridized carbons (Fsp3) is 0.654. The highest BCUT2D eigenvalue weighted by molar-refractivity contribution is 7.16. The number of carbonyl (C=O) groups excluding carboxylic acids is 3. The van der Waals surface area contributed by atoms with Crippen molar-refractivity contribution in [1.29, 1.82) is 0 Å². The maximum absolute atomic E-state index is 14.0. The lowest BCUT2D eigenvalue weighted by molar-refractivity contribution is -0.125. The van der Waals surface area contributed by atoms with Gasteiger partial charge in [-0.2, -0.15) is 0 Å². The molecule has 0 saturated heterocycles. The lowest BCUT2D eigenvalue weighted by Gasteiger charge is -2.38. The number of nitrogens with zero attached hydrogens (tertiary/aromatic N) is 3. The summed E-state index contributed by atoms with van der Waals surface area (Å²) < 4.78 is 0. The van der Waals surface area contributed by atoms with E-state index in [4.69, 9.17) is 4.84 Å². The Morgan fingerprint density at radius 1 is 0.615 bits per heavy atom. The molecule has 11 nitrogen and oxygen atoms in total. The number of rotatable bonds is 12. The Bertz CT molecular complexity index is 2100. The van der Waals surface area contributed by atoms with E-state index in [9.17, 15) is 34.2 Å². The molecule has 8 rings (SSSR count). The number of ketones is 1. The summed E-state index contributed by atoms with van der Waals surface area (Å²) in [6, 6.07) is 3.85. The van der Waals surface area contributed by atoms with E-state index < -0.39 is 11.9 Å². The molecular weight excluding hydrogens is 859 g/mol. The molecule has 0 unspecified atom stereocenters. The van der Waals surface area contributed by atoms with Gasteiger partial charge in [-0.15, -0.1) is 22.7 Å². The summed E-state index contributed by atoms with van der Waals surface area (Å²) in [5.41, 5.74) is 4.65. The standard InChI is InChI=1S/C27H38N2O4S.C25H33NO4S/c1-3-33-28-21-13-15-22(16-14-21)29(26(30)20-11-9-18(2)10-12-20)23-17-24(34-25(23)27(31)32)19-7-5-4-6-8-19;1-16-7-9-18(10-8-16)24(28)26(19-11-13-20(27)14-12-19)21-15-22(31-23(21)25(29)30)17-5-3-2-4-6-17/h7,17-18,20,22H,3-6,8-16H2,1-2H3,(H,31,32);5,15-16,18-19H,2-4,6-14H2,1H3,(H,29,30). The average molecular weight is 930 g/mol. The van der Waals surface area contributed by atoms with Crippen LogP contribution in [0.1, 0.15) is 204 Å². The summed E-state index contributed by atoms with van der Waals surface area (Å²) in [5.74, 6) is -0.247. The molecule has 0 atom stereocenters. The molecule has 4 fully saturated rings. The quantitative estimate of drug-likeness (QED) is 0.199. The predicted molar refractivity (Wildman–Crippen MR) is 261 cm³/mol. The molecule has 4 saturated carbocycles. The number of thiophene rings is 2. The zero-order valence-corrected chi connectivity index (χ0v) is 40.6. The van der Waals surface area contributed by atoms with Crippen LogP contribution in [-0.4, -0.2) is 64.2 Å². The maximum atomic E-state index is 14.0. The first-order chi connectivity index (χ1) is 31.4. The molecule has 65 heavy (non-hydrogen) atoms. The smallest absolute Gasteiger partial charge is 0.348 e. The third-order valence-corrected chi connectivity index (χ3v) is 17.2. The molecule has 0 radical (unpaired) electrons. The maximum Gasteiger partial charge on any atom is 0.348 e. The molecule has 13 heteroatoms. The van der Waals surface area contributed by atoms with E-state index in [1.165, 1.54) is 46.7 Å². The monoisotopic (exact) mass is 929 g/mol. The lowest BCUT2D eigenvalue weighted by Crippen LogP contribution is -2.46. The van der Waals surface area contributed by atoms with Crippen LogP contribution in [0.2, 0.25) is 0 Å². The summed E-state index contributed by atoms with van der Waals surface area (Å²) in [6.07, 6.45) is 26.2. The Kier molecular flexibility index (Phi) is 17.3. The van der Waals surface area contributed by atoms with Gasteiger partial charge in [0.05, 0.1) is 17.1 Å². The Hall–Kier alpha value is -4.10. The van der Waals surface area contributed by atoms with Gasteiger partial charge in [0.15, 0.2) is 0 Å². The van der Waals surface area contributed by atoms with Gasteiger partial charge in [-0.1, -0.05) is 31.2 Å². The molecule has 2 heterocycles. The van der Waals surface area contributed by atoms with Crippen LogP contribution in [0.3, 0.4) is 0 Å².